The Hall–Kier alpha value is -2.04. The van der Waals surface area contributed by atoms with E-state index >= 15 is 0 Å². The molecule has 2 aromatic carbocycles. The number of halogens is 9. The molecule has 0 saturated carbocycles. The first-order valence-corrected chi connectivity index (χ1v) is 8.73. The molecule has 2 aromatic rings. The average molecular weight is 410 g/mol. The number of alkyl halides is 2. The molecule has 0 amide bonds. The number of hydrogen-bond donors (Lipinski definition) is 0. The van der Waals surface area contributed by atoms with E-state index < -0.39 is 50.2 Å². The minimum Gasteiger partial charge on any atom is -0.429 e. The van der Waals surface area contributed by atoms with Crippen molar-refractivity contribution in [1.82, 2.24) is 0 Å². The van der Waals surface area contributed by atoms with E-state index in [0.717, 1.165) is 13.0 Å². The van der Waals surface area contributed by atoms with Gasteiger partial charge < -0.3 is 4.74 Å². The van der Waals surface area contributed by atoms with Crippen LogP contribution in [0.4, 0.5) is 37.0 Å². The molecule has 0 aliphatic carbocycles. The summed E-state index contributed by atoms with van der Waals surface area (Å²) in [6.45, 7) is 2.58. The topological polar surface area (TPSA) is 9.23 Å². The molecule has 0 N–H and O–H groups in total. The summed E-state index contributed by atoms with van der Waals surface area (Å²) in [5.74, 6) is -5.02. The predicted molar refractivity (Wildman–Crippen MR) is 78.2 cm³/mol. The quantitative estimate of drug-likeness (QED) is 0.478. The van der Waals surface area contributed by atoms with Gasteiger partial charge in [-0.15, -0.1) is 0 Å². The smallest absolute Gasteiger partial charge is 0.429 e. The molecular formula is C15H11F9OS. The molecule has 0 spiro atoms. The lowest BCUT2D eigenvalue weighted by Crippen LogP contribution is -2.25. The minimum absolute atomic E-state index is 0.103. The van der Waals surface area contributed by atoms with Gasteiger partial charge >= 0.3 is 16.3 Å². The van der Waals surface area contributed by atoms with Crippen molar-refractivity contribution in [2.24, 2.45) is 0 Å². The fourth-order valence-corrected chi connectivity index (χ4v) is 3.09. The molecule has 0 aromatic heterocycles. The van der Waals surface area contributed by atoms with Gasteiger partial charge in [0.2, 0.25) is 0 Å². The van der Waals surface area contributed by atoms with Crippen LogP contribution in [-0.2, 0) is 6.11 Å². The van der Waals surface area contributed by atoms with E-state index in [1.807, 2.05) is 0 Å². The van der Waals surface area contributed by atoms with Gasteiger partial charge in [0.1, 0.15) is 27.8 Å². The molecule has 0 bridgehead atoms. The highest BCUT2D eigenvalue weighted by molar-refractivity contribution is 8.45. The van der Waals surface area contributed by atoms with Crippen molar-refractivity contribution in [3.05, 3.63) is 58.7 Å². The van der Waals surface area contributed by atoms with Crippen LogP contribution in [0, 0.1) is 25.5 Å². The van der Waals surface area contributed by atoms with Crippen molar-refractivity contribution in [3.8, 4) is 5.75 Å². The van der Waals surface area contributed by atoms with Crippen LogP contribution in [0.1, 0.15) is 16.7 Å². The first-order valence-electron chi connectivity index (χ1n) is 6.78. The molecule has 26 heavy (non-hydrogen) atoms. The third-order valence-corrected chi connectivity index (χ3v) is 4.45. The fraction of sp³-hybridized carbons (Fsp3) is 0.200. The van der Waals surface area contributed by atoms with Crippen LogP contribution in [0.5, 0.6) is 5.75 Å². The van der Waals surface area contributed by atoms with E-state index in [9.17, 15) is 37.0 Å². The lowest BCUT2D eigenvalue weighted by Gasteiger charge is -2.40. The van der Waals surface area contributed by atoms with Crippen molar-refractivity contribution in [3.63, 3.8) is 0 Å². The molecule has 0 heterocycles. The summed E-state index contributed by atoms with van der Waals surface area (Å²) in [6, 6.07) is 1.42. The number of aryl methyl sites for hydroxylation is 2. The molecule has 0 aliphatic rings. The molecule has 0 radical (unpaired) electrons. The van der Waals surface area contributed by atoms with Gasteiger partial charge in [-0.05, 0) is 43.2 Å². The van der Waals surface area contributed by atoms with Crippen LogP contribution in [0.15, 0.2) is 35.2 Å². The Morgan fingerprint density at radius 1 is 0.846 bits per heavy atom. The van der Waals surface area contributed by atoms with Crippen molar-refractivity contribution in [2.75, 3.05) is 0 Å². The van der Waals surface area contributed by atoms with Crippen LogP contribution in [0.3, 0.4) is 0 Å². The average Bonchev–Trinajstić information content (AvgIpc) is 2.32. The molecule has 0 saturated heterocycles. The molecule has 0 aliphatic heterocycles. The first kappa shape index (κ1) is 20.3. The summed E-state index contributed by atoms with van der Waals surface area (Å²) < 4.78 is 123. The van der Waals surface area contributed by atoms with E-state index in [1.165, 1.54) is 13.0 Å². The Morgan fingerprint density at radius 2 is 1.42 bits per heavy atom. The monoisotopic (exact) mass is 410 g/mol. The van der Waals surface area contributed by atoms with Gasteiger partial charge in [0.25, 0.3) is 0 Å². The second-order valence-corrected chi connectivity index (χ2v) is 8.00. The third kappa shape index (κ3) is 4.19. The van der Waals surface area contributed by atoms with Gasteiger partial charge in [-0.3, -0.25) is 0 Å². The third-order valence-electron chi connectivity index (χ3n) is 3.29. The number of hydrogen-bond acceptors (Lipinski definition) is 1. The summed E-state index contributed by atoms with van der Waals surface area (Å²) in [7, 11) is -10.3. The molecule has 0 unspecified atom stereocenters. The molecule has 0 fully saturated rings. The van der Waals surface area contributed by atoms with Crippen LogP contribution >= 0.6 is 10.2 Å². The van der Waals surface area contributed by atoms with Crippen molar-refractivity contribution >= 4 is 10.2 Å². The molecule has 11 heteroatoms. The predicted octanol–water partition coefficient (Wildman–Crippen LogP) is 7.37. The summed E-state index contributed by atoms with van der Waals surface area (Å²) in [6.07, 6.45) is -4.38. The highest BCUT2D eigenvalue weighted by Gasteiger charge is 2.67. The largest absolute Gasteiger partial charge is 0.429 e. The first-order chi connectivity index (χ1) is 11.4. The Kier molecular flexibility index (Phi) is 4.09. The van der Waals surface area contributed by atoms with E-state index in [-0.39, 0.29) is 17.7 Å². The highest BCUT2D eigenvalue weighted by atomic mass is 32.5. The van der Waals surface area contributed by atoms with E-state index in [2.05, 4.69) is 4.74 Å². The highest BCUT2D eigenvalue weighted by Crippen LogP contribution is 3.02. The maximum Gasteiger partial charge on any atom is 0.429 e. The molecule has 0 atom stereocenters. The fourth-order valence-electron chi connectivity index (χ4n) is 2.34. The zero-order valence-electron chi connectivity index (χ0n) is 13.1. The number of rotatable bonds is 4. The zero-order chi connectivity index (χ0) is 20.2. The van der Waals surface area contributed by atoms with E-state index in [1.54, 1.807) is 0 Å². The normalized spacial score (nSPS) is 15.3. The molecule has 1 nitrogen and oxygen atoms in total. The van der Waals surface area contributed by atoms with Crippen LogP contribution in [0.2, 0.25) is 0 Å². The SMILES string of the molecule is Cc1cc(C)c(C(F)(F)Oc2ccc(S(F)(F)(F)(F)F)c(F)c2)c(F)c1. The Balaban J connectivity index is 2.45. The van der Waals surface area contributed by atoms with Gasteiger partial charge in [-0.1, -0.05) is 25.5 Å². The summed E-state index contributed by atoms with van der Waals surface area (Å²) in [5.41, 5.74) is -1.11. The van der Waals surface area contributed by atoms with Gasteiger partial charge in [-0.25, -0.2) is 8.78 Å². The van der Waals surface area contributed by atoms with Gasteiger partial charge in [0.05, 0.1) is 0 Å². The van der Waals surface area contributed by atoms with E-state index in [4.69, 9.17) is 0 Å². The van der Waals surface area contributed by atoms with Gasteiger partial charge in [0, 0.05) is 6.07 Å². The minimum atomic E-state index is -10.3. The second-order valence-electron chi connectivity index (χ2n) is 5.62. The lowest BCUT2D eigenvalue weighted by atomic mass is 10.0. The molecule has 2 rings (SSSR count). The van der Waals surface area contributed by atoms with Crippen molar-refractivity contribution in [2.45, 2.75) is 24.9 Å². The van der Waals surface area contributed by atoms with Crippen molar-refractivity contribution in [1.29, 1.82) is 0 Å². The molecule has 146 valence electrons. The van der Waals surface area contributed by atoms with E-state index in [0.29, 0.717) is 5.56 Å². The Labute approximate surface area is 142 Å². The summed E-state index contributed by atoms with van der Waals surface area (Å²) in [5, 5.41) is 0. The van der Waals surface area contributed by atoms with Gasteiger partial charge in [-0.2, -0.15) is 8.78 Å². The van der Waals surface area contributed by atoms with Crippen LogP contribution in [0.25, 0.3) is 0 Å². The van der Waals surface area contributed by atoms with Gasteiger partial charge in [0.15, 0.2) is 0 Å². The summed E-state index contributed by atoms with van der Waals surface area (Å²) in [4.78, 5) is -2.86. The number of ether oxygens (including phenoxy) is 1. The Bertz CT molecular complexity index is 852. The summed E-state index contributed by atoms with van der Waals surface area (Å²) >= 11 is 0. The molecular weight excluding hydrogens is 399 g/mol. The standard InChI is InChI=1S/C15H11F9OS/c1-8-5-9(2)14(12(17)6-8)15(18,19)25-10-3-4-13(11(16)7-10)26(20,21,22,23)24/h3-7H,1-2H3. The van der Waals surface area contributed by atoms with Crippen molar-refractivity contribution < 1.29 is 41.7 Å². The van der Waals surface area contributed by atoms with Crippen LogP contribution in [-0.4, -0.2) is 0 Å². The number of benzene rings is 2. The Morgan fingerprint density at radius 3 is 1.88 bits per heavy atom. The lowest BCUT2D eigenvalue weighted by molar-refractivity contribution is -0.188. The zero-order valence-corrected chi connectivity index (χ0v) is 13.9. The van der Waals surface area contributed by atoms with Crippen LogP contribution < -0.4 is 4.74 Å². The second kappa shape index (κ2) is 5.24. The maximum atomic E-state index is 14.2. The maximum absolute atomic E-state index is 14.2.